The topological polar surface area (TPSA) is 90.8 Å². The van der Waals surface area contributed by atoms with Crippen LogP contribution in [0, 0.1) is 0 Å². The van der Waals surface area contributed by atoms with Gasteiger partial charge in [0, 0.05) is 0 Å². The van der Waals surface area contributed by atoms with Crippen molar-refractivity contribution in [3.8, 4) is 0 Å². The number of nitrogens with one attached hydrogen (secondary N) is 2. The van der Waals surface area contributed by atoms with Gasteiger partial charge in [0.05, 0.1) is 0 Å². The number of hydrogen-bond acceptors (Lipinski definition) is 4. The zero-order chi connectivity index (χ0) is 7.78. The second kappa shape index (κ2) is 2.08. The summed E-state index contributed by atoms with van der Waals surface area (Å²) in [5.41, 5.74) is -1.43. The number of hydrogen-bond donors (Lipinski definition) is 4. The highest BCUT2D eigenvalue weighted by atomic mass is 17.1. The summed E-state index contributed by atoms with van der Waals surface area (Å²) in [7, 11) is 0. The average molecular weight is 148 g/mol. The van der Waals surface area contributed by atoms with Crippen LogP contribution in [-0.2, 0) is 4.89 Å². The van der Waals surface area contributed by atoms with Crippen LogP contribution in [0.1, 0.15) is 6.92 Å². The number of rotatable bonds is 1. The summed E-state index contributed by atoms with van der Waals surface area (Å²) in [6, 6.07) is -0.580. The minimum Gasteiger partial charge on any atom is -0.369 e. The predicted octanol–water partition coefficient (Wildman–Crippen LogP) is -1.18. The maximum atomic E-state index is 10.5. The number of urea groups is 1. The quantitative estimate of drug-likeness (QED) is 0.278. The lowest BCUT2D eigenvalue weighted by Gasteiger charge is -2.21. The van der Waals surface area contributed by atoms with Crippen molar-refractivity contribution >= 4 is 6.03 Å². The largest absolute Gasteiger partial charge is 0.369 e. The van der Waals surface area contributed by atoms with E-state index in [1.165, 1.54) is 6.92 Å². The molecule has 1 aliphatic rings. The number of aliphatic hydroxyl groups is 1. The van der Waals surface area contributed by atoms with Gasteiger partial charge in [0.25, 0.3) is 0 Å². The van der Waals surface area contributed by atoms with Gasteiger partial charge in [-0.15, -0.1) is 0 Å². The van der Waals surface area contributed by atoms with Crippen molar-refractivity contribution in [2.24, 2.45) is 0 Å². The predicted molar refractivity (Wildman–Crippen MR) is 29.8 cm³/mol. The fourth-order valence-electron chi connectivity index (χ4n) is 0.665. The molecular formula is C4H8N2O4. The molecule has 10 heavy (non-hydrogen) atoms. The Morgan fingerprint density at radius 3 is 2.60 bits per heavy atom. The molecule has 1 aliphatic heterocycles. The summed E-state index contributed by atoms with van der Waals surface area (Å²) in [5, 5.41) is 21.4. The Hall–Kier alpha value is -0.850. The molecular weight excluding hydrogens is 140 g/mol. The van der Waals surface area contributed by atoms with E-state index in [1.54, 1.807) is 0 Å². The molecule has 1 heterocycles. The van der Waals surface area contributed by atoms with Crippen LogP contribution < -0.4 is 10.6 Å². The number of carbonyl (C=O) groups excluding carboxylic acids is 1. The molecule has 2 atom stereocenters. The lowest BCUT2D eigenvalue weighted by atomic mass is 10.2. The molecule has 6 heteroatoms. The molecule has 4 N–H and O–H groups in total. The molecule has 1 saturated heterocycles. The van der Waals surface area contributed by atoms with Crippen LogP contribution in [0.4, 0.5) is 4.79 Å². The minimum absolute atomic E-state index is 0.580. The first-order chi connectivity index (χ1) is 4.58. The van der Waals surface area contributed by atoms with E-state index in [0.717, 1.165) is 0 Å². The average Bonchev–Trinajstić information content (AvgIpc) is 2.09. The van der Waals surface area contributed by atoms with E-state index < -0.39 is 18.0 Å². The van der Waals surface area contributed by atoms with Gasteiger partial charge in [-0.05, 0) is 6.92 Å². The summed E-state index contributed by atoms with van der Waals surface area (Å²) in [6.07, 6.45) is -1.23. The molecule has 0 unspecified atom stereocenters. The zero-order valence-electron chi connectivity index (χ0n) is 5.29. The minimum atomic E-state index is -1.43. The van der Waals surface area contributed by atoms with Crippen molar-refractivity contribution in [2.45, 2.75) is 18.9 Å². The van der Waals surface area contributed by atoms with Gasteiger partial charge in [-0.25, -0.2) is 14.9 Å². The molecule has 1 fully saturated rings. The van der Waals surface area contributed by atoms with Gasteiger partial charge in [-0.2, -0.15) is 0 Å². The second-order valence-corrected chi connectivity index (χ2v) is 2.20. The summed E-state index contributed by atoms with van der Waals surface area (Å²) in [5.74, 6) is 0. The van der Waals surface area contributed by atoms with Crippen molar-refractivity contribution in [3.63, 3.8) is 0 Å². The molecule has 6 nitrogen and oxygen atoms in total. The van der Waals surface area contributed by atoms with E-state index in [4.69, 9.17) is 10.4 Å². The van der Waals surface area contributed by atoms with Crippen LogP contribution in [0.5, 0.6) is 0 Å². The molecule has 0 spiro atoms. The summed E-state index contributed by atoms with van der Waals surface area (Å²) in [4.78, 5) is 14.3. The van der Waals surface area contributed by atoms with Gasteiger partial charge >= 0.3 is 6.03 Å². The molecule has 2 amide bonds. The van der Waals surface area contributed by atoms with E-state index in [-0.39, 0.29) is 0 Å². The molecule has 1 rings (SSSR count). The van der Waals surface area contributed by atoms with Crippen molar-refractivity contribution in [3.05, 3.63) is 0 Å². The Morgan fingerprint density at radius 2 is 2.40 bits per heavy atom. The second-order valence-electron chi connectivity index (χ2n) is 2.20. The van der Waals surface area contributed by atoms with Crippen LogP contribution in [0.25, 0.3) is 0 Å². The molecule has 58 valence electrons. The van der Waals surface area contributed by atoms with Gasteiger partial charge in [0.2, 0.25) is 5.72 Å². The van der Waals surface area contributed by atoms with Crippen LogP contribution in [0.2, 0.25) is 0 Å². The number of carbonyl (C=O) groups is 1. The first kappa shape index (κ1) is 7.26. The lowest BCUT2D eigenvalue weighted by molar-refractivity contribution is -0.340. The van der Waals surface area contributed by atoms with Crippen LogP contribution >= 0.6 is 0 Å². The van der Waals surface area contributed by atoms with E-state index in [1.807, 2.05) is 0 Å². The third-order valence-electron chi connectivity index (χ3n) is 1.34. The first-order valence-electron chi connectivity index (χ1n) is 2.68. The molecule has 0 aromatic carbocycles. The Balaban J connectivity index is 2.70. The molecule has 0 bridgehead atoms. The van der Waals surface area contributed by atoms with Crippen molar-refractivity contribution in [1.82, 2.24) is 10.6 Å². The smallest absolute Gasteiger partial charge is 0.319 e. The standard InChI is InChI=1S/C4H8N2O4/c1-4(10-9)2(7)5-3(8)6-4/h2,7,9H,1H3,(H2,5,6,8)/t2-,4-/m1/s1. The molecule has 0 aromatic rings. The highest BCUT2D eigenvalue weighted by Crippen LogP contribution is 2.12. The molecule has 0 aromatic heterocycles. The third-order valence-corrected chi connectivity index (χ3v) is 1.34. The van der Waals surface area contributed by atoms with E-state index in [2.05, 4.69) is 15.5 Å². The van der Waals surface area contributed by atoms with Crippen molar-refractivity contribution in [1.29, 1.82) is 0 Å². The lowest BCUT2D eigenvalue weighted by Crippen LogP contribution is -2.48. The molecule has 0 aliphatic carbocycles. The molecule has 0 radical (unpaired) electrons. The Bertz CT molecular complexity index is 161. The third kappa shape index (κ3) is 0.919. The Morgan fingerprint density at radius 1 is 1.80 bits per heavy atom. The van der Waals surface area contributed by atoms with Gasteiger partial charge < -0.3 is 15.7 Å². The van der Waals surface area contributed by atoms with Crippen LogP contribution in [0.15, 0.2) is 0 Å². The highest BCUT2D eigenvalue weighted by molar-refractivity contribution is 5.77. The number of amides is 2. The van der Waals surface area contributed by atoms with Gasteiger partial charge in [-0.3, -0.25) is 0 Å². The van der Waals surface area contributed by atoms with E-state index >= 15 is 0 Å². The fraction of sp³-hybridized carbons (Fsp3) is 0.750. The van der Waals surface area contributed by atoms with Gasteiger partial charge in [0.1, 0.15) is 0 Å². The summed E-state index contributed by atoms with van der Waals surface area (Å²) in [6.45, 7) is 1.33. The Kier molecular flexibility index (Phi) is 1.51. The van der Waals surface area contributed by atoms with E-state index in [0.29, 0.717) is 0 Å². The van der Waals surface area contributed by atoms with Gasteiger partial charge in [-0.1, -0.05) is 0 Å². The van der Waals surface area contributed by atoms with Crippen LogP contribution in [0.3, 0.4) is 0 Å². The SMILES string of the molecule is C[C@]1(OO)NC(=O)N[C@@H]1O. The maximum absolute atomic E-state index is 10.5. The normalized spacial score (nSPS) is 39.1. The summed E-state index contributed by atoms with van der Waals surface area (Å²) < 4.78 is 0. The fourth-order valence-corrected chi connectivity index (χ4v) is 0.665. The van der Waals surface area contributed by atoms with E-state index in [9.17, 15) is 4.79 Å². The summed E-state index contributed by atoms with van der Waals surface area (Å²) >= 11 is 0. The monoisotopic (exact) mass is 148 g/mol. The Labute approximate surface area is 56.7 Å². The maximum Gasteiger partial charge on any atom is 0.319 e. The zero-order valence-corrected chi connectivity index (χ0v) is 5.29. The van der Waals surface area contributed by atoms with Crippen LogP contribution in [-0.4, -0.2) is 28.3 Å². The molecule has 0 saturated carbocycles. The van der Waals surface area contributed by atoms with Crippen molar-refractivity contribution in [2.75, 3.05) is 0 Å². The van der Waals surface area contributed by atoms with Crippen molar-refractivity contribution < 1.29 is 20.0 Å². The highest BCUT2D eigenvalue weighted by Gasteiger charge is 2.43. The number of aliphatic hydroxyl groups excluding tert-OH is 1. The van der Waals surface area contributed by atoms with Gasteiger partial charge in [0.15, 0.2) is 6.23 Å². The first-order valence-corrected chi connectivity index (χ1v) is 2.68.